The lowest BCUT2D eigenvalue weighted by Gasteiger charge is -2.33. The molecule has 0 aromatic heterocycles. The summed E-state index contributed by atoms with van der Waals surface area (Å²) in [6.45, 7) is 0.936. The first kappa shape index (κ1) is 12.3. The van der Waals surface area contributed by atoms with Crippen LogP contribution in [0.2, 0.25) is 0 Å². The molecule has 2 rings (SSSR count). The number of hydrogen-bond acceptors (Lipinski definition) is 3. The van der Waals surface area contributed by atoms with Crippen LogP contribution in [0.5, 0.6) is 0 Å². The third-order valence-corrected chi connectivity index (χ3v) is 6.05. The van der Waals surface area contributed by atoms with E-state index >= 15 is 0 Å². The predicted molar refractivity (Wildman–Crippen MR) is 64.6 cm³/mol. The average molecular weight is 246 g/mol. The van der Waals surface area contributed by atoms with Crippen molar-refractivity contribution in [2.24, 2.45) is 5.73 Å². The number of hydrogen-bond donors (Lipinski definition) is 1. The molecule has 16 heavy (non-hydrogen) atoms. The monoisotopic (exact) mass is 246 g/mol. The zero-order valence-electron chi connectivity index (χ0n) is 9.77. The van der Waals surface area contributed by atoms with E-state index in [1.165, 1.54) is 6.42 Å². The van der Waals surface area contributed by atoms with Crippen LogP contribution in [0.25, 0.3) is 0 Å². The first-order chi connectivity index (χ1) is 7.66. The Labute approximate surface area is 98.2 Å². The van der Waals surface area contributed by atoms with E-state index in [0.29, 0.717) is 13.1 Å². The molecular formula is C11H22N2O2S. The highest BCUT2D eigenvalue weighted by atomic mass is 32.2. The number of rotatable bonds is 5. The Bertz CT molecular complexity index is 319. The first-order valence-electron chi connectivity index (χ1n) is 6.37. The Morgan fingerprint density at radius 1 is 1.06 bits per heavy atom. The van der Waals surface area contributed by atoms with Crippen molar-refractivity contribution in [1.82, 2.24) is 4.31 Å². The summed E-state index contributed by atoms with van der Waals surface area (Å²) in [6.07, 6.45) is 7.29. The van der Waals surface area contributed by atoms with Gasteiger partial charge >= 0.3 is 0 Å². The summed E-state index contributed by atoms with van der Waals surface area (Å²) < 4.78 is 26.2. The third kappa shape index (κ3) is 2.57. The number of sulfonamides is 1. The molecule has 94 valence electrons. The average Bonchev–Trinajstić information content (AvgIpc) is 3.11. The molecule has 0 bridgehead atoms. The second kappa shape index (κ2) is 5.02. The lowest BCUT2D eigenvalue weighted by molar-refractivity contribution is 0.257. The van der Waals surface area contributed by atoms with E-state index < -0.39 is 10.0 Å². The van der Waals surface area contributed by atoms with E-state index in [4.69, 9.17) is 5.73 Å². The fourth-order valence-corrected chi connectivity index (χ4v) is 4.67. The molecule has 0 aliphatic heterocycles. The van der Waals surface area contributed by atoms with Crippen LogP contribution in [-0.2, 0) is 10.0 Å². The Hall–Kier alpha value is -0.130. The molecule has 2 saturated carbocycles. The van der Waals surface area contributed by atoms with Gasteiger partial charge < -0.3 is 5.73 Å². The summed E-state index contributed by atoms with van der Waals surface area (Å²) >= 11 is 0. The van der Waals surface area contributed by atoms with Crippen molar-refractivity contribution in [2.45, 2.75) is 56.2 Å². The molecule has 5 heteroatoms. The predicted octanol–water partition coefficient (Wildman–Crippen LogP) is 1.07. The maximum absolute atomic E-state index is 12.3. The van der Waals surface area contributed by atoms with Gasteiger partial charge in [0.25, 0.3) is 0 Å². The Morgan fingerprint density at radius 2 is 1.69 bits per heavy atom. The van der Waals surface area contributed by atoms with E-state index in [9.17, 15) is 8.42 Å². The van der Waals surface area contributed by atoms with Gasteiger partial charge in [-0.25, -0.2) is 8.42 Å². The van der Waals surface area contributed by atoms with Crippen molar-refractivity contribution < 1.29 is 8.42 Å². The van der Waals surface area contributed by atoms with Crippen LogP contribution in [0.15, 0.2) is 0 Å². The SMILES string of the molecule is NCCN(C1CCCCC1)S(=O)(=O)C1CC1. The quantitative estimate of drug-likeness (QED) is 0.789. The summed E-state index contributed by atoms with van der Waals surface area (Å²) in [4.78, 5) is 0. The Morgan fingerprint density at radius 3 is 2.19 bits per heavy atom. The molecular weight excluding hydrogens is 224 g/mol. The molecule has 0 aromatic carbocycles. The standard InChI is InChI=1S/C11H22N2O2S/c12-8-9-13(10-4-2-1-3-5-10)16(14,15)11-6-7-11/h10-11H,1-9,12H2. The number of nitrogens with two attached hydrogens (primary N) is 1. The molecule has 0 aromatic rings. The van der Waals surface area contributed by atoms with Gasteiger partial charge in [0.2, 0.25) is 10.0 Å². The lowest BCUT2D eigenvalue weighted by atomic mass is 9.95. The van der Waals surface area contributed by atoms with Gasteiger partial charge in [-0.1, -0.05) is 19.3 Å². The van der Waals surface area contributed by atoms with E-state index in [0.717, 1.165) is 38.5 Å². The molecule has 2 N–H and O–H groups in total. The molecule has 0 saturated heterocycles. The lowest BCUT2D eigenvalue weighted by Crippen LogP contribution is -2.45. The van der Waals surface area contributed by atoms with Crippen molar-refractivity contribution in [2.75, 3.05) is 13.1 Å². The van der Waals surface area contributed by atoms with Gasteiger partial charge in [-0.05, 0) is 25.7 Å². The minimum atomic E-state index is -3.04. The first-order valence-corrected chi connectivity index (χ1v) is 7.87. The van der Waals surface area contributed by atoms with Crippen LogP contribution in [0.4, 0.5) is 0 Å². The van der Waals surface area contributed by atoms with E-state index in [1.54, 1.807) is 4.31 Å². The van der Waals surface area contributed by atoms with E-state index in [1.807, 2.05) is 0 Å². The molecule has 2 aliphatic carbocycles. The van der Waals surface area contributed by atoms with Crippen LogP contribution in [0.1, 0.15) is 44.9 Å². The molecule has 4 nitrogen and oxygen atoms in total. The van der Waals surface area contributed by atoms with Crippen LogP contribution >= 0.6 is 0 Å². The Kier molecular flexibility index (Phi) is 3.87. The minimum absolute atomic E-state index is 0.0963. The summed E-state index contributed by atoms with van der Waals surface area (Å²) in [5.41, 5.74) is 5.55. The maximum Gasteiger partial charge on any atom is 0.217 e. The molecule has 0 heterocycles. The molecule has 0 spiro atoms. The molecule has 2 aliphatic rings. The third-order valence-electron chi connectivity index (χ3n) is 3.60. The van der Waals surface area contributed by atoms with Gasteiger partial charge in [0, 0.05) is 19.1 Å². The minimum Gasteiger partial charge on any atom is -0.329 e. The zero-order valence-corrected chi connectivity index (χ0v) is 10.6. The van der Waals surface area contributed by atoms with Crippen molar-refractivity contribution in [3.63, 3.8) is 0 Å². The summed E-state index contributed by atoms with van der Waals surface area (Å²) in [7, 11) is -3.04. The molecule has 0 unspecified atom stereocenters. The second-order valence-corrected chi connectivity index (χ2v) is 7.10. The van der Waals surface area contributed by atoms with Crippen molar-refractivity contribution in [3.05, 3.63) is 0 Å². The van der Waals surface area contributed by atoms with Gasteiger partial charge in [-0.3, -0.25) is 0 Å². The van der Waals surface area contributed by atoms with Gasteiger partial charge in [0.05, 0.1) is 5.25 Å². The molecule has 0 atom stereocenters. The van der Waals surface area contributed by atoms with Gasteiger partial charge in [0.1, 0.15) is 0 Å². The topological polar surface area (TPSA) is 63.4 Å². The summed E-state index contributed by atoms with van der Waals surface area (Å²) in [6, 6.07) is 0.225. The van der Waals surface area contributed by atoms with Gasteiger partial charge in [-0.15, -0.1) is 0 Å². The van der Waals surface area contributed by atoms with Crippen molar-refractivity contribution in [3.8, 4) is 0 Å². The fraction of sp³-hybridized carbons (Fsp3) is 1.00. The van der Waals surface area contributed by atoms with Crippen LogP contribution < -0.4 is 5.73 Å². The van der Waals surface area contributed by atoms with Crippen molar-refractivity contribution >= 4 is 10.0 Å². The van der Waals surface area contributed by atoms with Gasteiger partial charge in [0.15, 0.2) is 0 Å². The van der Waals surface area contributed by atoms with E-state index in [2.05, 4.69) is 0 Å². The normalized spacial score (nSPS) is 23.9. The van der Waals surface area contributed by atoms with Crippen molar-refractivity contribution in [1.29, 1.82) is 0 Å². The van der Waals surface area contributed by atoms with Crippen LogP contribution in [0.3, 0.4) is 0 Å². The highest BCUT2D eigenvalue weighted by molar-refractivity contribution is 7.90. The maximum atomic E-state index is 12.3. The summed E-state index contributed by atoms with van der Waals surface area (Å²) in [5.74, 6) is 0. The fourth-order valence-electron chi connectivity index (χ4n) is 2.57. The molecule has 0 amide bonds. The van der Waals surface area contributed by atoms with Gasteiger partial charge in [-0.2, -0.15) is 4.31 Å². The van der Waals surface area contributed by atoms with E-state index in [-0.39, 0.29) is 11.3 Å². The highest BCUT2D eigenvalue weighted by Crippen LogP contribution is 2.34. The molecule has 0 radical (unpaired) electrons. The largest absolute Gasteiger partial charge is 0.329 e. The Balaban J connectivity index is 2.08. The highest BCUT2D eigenvalue weighted by Gasteiger charge is 2.42. The van der Waals surface area contributed by atoms with Crippen LogP contribution in [-0.4, -0.2) is 37.1 Å². The number of nitrogens with zero attached hydrogens (tertiary/aromatic N) is 1. The zero-order chi connectivity index (χ0) is 11.6. The smallest absolute Gasteiger partial charge is 0.217 e. The van der Waals surface area contributed by atoms with Crippen LogP contribution in [0, 0.1) is 0 Å². The molecule has 2 fully saturated rings. The summed E-state index contributed by atoms with van der Waals surface area (Å²) in [5, 5.41) is -0.0963. The second-order valence-electron chi connectivity index (χ2n) is 4.94.